The summed E-state index contributed by atoms with van der Waals surface area (Å²) in [4.78, 5) is 10.4. The highest BCUT2D eigenvalue weighted by Gasteiger charge is 2.09. The molecule has 0 bridgehead atoms. The van der Waals surface area contributed by atoms with Crippen molar-refractivity contribution in [3.8, 4) is 0 Å². The number of aliphatic hydroxyl groups excluding tert-OH is 1. The first kappa shape index (κ1) is 10.9. The second kappa shape index (κ2) is 5.51. The standard InChI is InChI=1S/C8H12O4/c1-2-3-4-6(8(11)12)5-7(9)10/h2-4,7,9-10H,5H2,1H3,(H,11,12). The number of aliphatic hydroxyl groups is 2. The molecule has 0 aromatic heterocycles. The summed E-state index contributed by atoms with van der Waals surface area (Å²) in [6, 6.07) is 0. The Morgan fingerprint density at radius 1 is 1.50 bits per heavy atom. The zero-order valence-electron chi connectivity index (χ0n) is 6.77. The van der Waals surface area contributed by atoms with Gasteiger partial charge in [0.2, 0.25) is 0 Å². The van der Waals surface area contributed by atoms with E-state index in [2.05, 4.69) is 0 Å². The lowest BCUT2D eigenvalue weighted by Gasteiger charge is -2.02. The molecule has 0 unspecified atom stereocenters. The van der Waals surface area contributed by atoms with Gasteiger partial charge in [0.1, 0.15) is 0 Å². The van der Waals surface area contributed by atoms with E-state index in [4.69, 9.17) is 15.3 Å². The van der Waals surface area contributed by atoms with E-state index in [0.29, 0.717) is 0 Å². The zero-order valence-corrected chi connectivity index (χ0v) is 6.77. The Bertz CT molecular complexity index is 203. The minimum Gasteiger partial charge on any atom is -0.478 e. The first-order valence-corrected chi connectivity index (χ1v) is 3.49. The third-order valence-corrected chi connectivity index (χ3v) is 1.17. The molecule has 0 aromatic carbocycles. The molecule has 0 aliphatic carbocycles. The normalized spacial score (nSPS) is 12.8. The predicted molar refractivity (Wildman–Crippen MR) is 43.4 cm³/mol. The first-order chi connectivity index (χ1) is 5.57. The highest BCUT2D eigenvalue weighted by molar-refractivity contribution is 5.86. The second-order valence-corrected chi connectivity index (χ2v) is 2.21. The van der Waals surface area contributed by atoms with E-state index < -0.39 is 12.3 Å². The number of rotatable bonds is 4. The quantitative estimate of drug-likeness (QED) is 0.323. The Morgan fingerprint density at radius 3 is 2.42 bits per heavy atom. The Morgan fingerprint density at radius 2 is 2.08 bits per heavy atom. The van der Waals surface area contributed by atoms with Crippen molar-refractivity contribution in [2.24, 2.45) is 0 Å². The lowest BCUT2D eigenvalue weighted by atomic mass is 10.1. The molecule has 0 atom stereocenters. The van der Waals surface area contributed by atoms with Gasteiger partial charge in [-0.2, -0.15) is 0 Å². The van der Waals surface area contributed by atoms with Gasteiger partial charge in [0.15, 0.2) is 6.29 Å². The van der Waals surface area contributed by atoms with Crippen LogP contribution in [-0.4, -0.2) is 27.6 Å². The van der Waals surface area contributed by atoms with Gasteiger partial charge in [-0.25, -0.2) is 4.79 Å². The number of hydrogen-bond acceptors (Lipinski definition) is 3. The molecule has 0 radical (unpaired) electrons. The number of carbonyl (C=O) groups is 1. The topological polar surface area (TPSA) is 77.8 Å². The summed E-state index contributed by atoms with van der Waals surface area (Å²) in [7, 11) is 0. The monoisotopic (exact) mass is 172 g/mol. The van der Waals surface area contributed by atoms with Crippen LogP contribution < -0.4 is 0 Å². The van der Waals surface area contributed by atoms with Gasteiger partial charge in [-0.3, -0.25) is 0 Å². The summed E-state index contributed by atoms with van der Waals surface area (Å²) in [6.45, 7) is 1.74. The van der Waals surface area contributed by atoms with Crippen LogP contribution in [0.3, 0.4) is 0 Å². The number of allylic oxidation sites excluding steroid dienone is 3. The number of carboxylic acid groups (broad SMARTS) is 1. The van der Waals surface area contributed by atoms with Crippen LogP contribution in [0.4, 0.5) is 0 Å². The third kappa shape index (κ3) is 4.65. The van der Waals surface area contributed by atoms with Crippen LogP contribution in [0.15, 0.2) is 23.8 Å². The van der Waals surface area contributed by atoms with E-state index in [1.807, 2.05) is 0 Å². The van der Waals surface area contributed by atoms with E-state index in [-0.39, 0.29) is 12.0 Å². The number of hydrogen-bond donors (Lipinski definition) is 3. The third-order valence-electron chi connectivity index (χ3n) is 1.17. The maximum Gasteiger partial charge on any atom is 0.331 e. The van der Waals surface area contributed by atoms with E-state index >= 15 is 0 Å². The molecule has 0 saturated heterocycles. The zero-order chi connectivity index (χ0) is 9.56. The van der Waals surface area contributed by atoms with Gasteiger partial charge < -0.3 is 15.3 Å². The fraction of sp³-hybridized carbons (Fsp3) is 0.375. The van der Waals surface area contributed by atoms with E-state index in [1.165, 1.54) is 12.2 Å². The Balaban J connectivity index is 4.33. The molecule has 4 heteroatoms. The van der Waals surface area contributed by atoms with Crippen molar-refractivity contribution in [1.82, 2.24) is 0 Å². The molecule has 0 amide bonds. The lowest BCUT2D eigenvalue weighted by molar-refractivity contribution is -0.134. The van der Waals surface area contributed by atoms with Gasteiger partial charge >= 0.3 is 5.97 Å². The molecular formula is C8H12O4. The molecule has 0 rings (SSSR count). The van der Waals surface area contributed by atoms with E-state index in [0.717, 1.165) is 0 Å². The van der Waals surface area contributed by atoms with Gasteiger partial charge in [-0.05, 0) is 6.92 Å². The van der Waals surface area contributed by atoms with Crippen LogP contribution in [0.2, 0.25) is 0 Å². The summed E-state index contributed by atoms with van der Waals surface area (Å²) in [5.41, 5.74) is -0.0249. The Kier molecular flexibility index (Phi) is 4.99. The molecule has 0 heterocycles. The maximum absolute atomic E-state index is 10.4. The van der Waals surface area contributed by atoms with Crippen molar-refractivity contribution in [2.45, 2.75) is 19.6 Å². The van der Waals surface area contributed by atoms with Crippen molar-refractivity contribution >= 4 is 5.97 Å². The summed E-state index contributed by atoms with van der Waals surface area (Å²) in [5.74, 6) is -1.14. The van der Waals surface area contributed by atoms with Gasteiger partial charge in [-0.15, -0.1) is 0 Å². The summed E-state index contributed by atoms with van der Waals surface area (Å²) in [5, 5.41) is 25.5. The van der Waals surface area contributed by atoms with Crippen molar-refractivity contribution in [2.75, 3.05) is 0 Å². The molecule has 0 aliphatic rings. The molecule has 0 saturated carbocycles. The summed E-state index contributed by atoms with van der Waals surface area (Å²) >= 11 is 0. The summed E-state index contributed by atoms with van der Waals surface area (Å²) < 4.78 is 0. The molecule has 0 aliphatic heterocycles. The van der Waals surface area contributed by atoms with Gasteiger partial charge in [0.25, 0.3) is 0 Å². The minimum atomic E-state index is -1.61. The van der Waals surface area contributed by atoms with Crippen LogP contribution >= 0.6 is 0 Å². The first-order valence-electron chi connectivity index (χ1n) is 3.49. The largest absolute Gasteiger partial charge is 0.478 e. The number of carboxylic acids is 1. The fourth-order valence-electron chi connectivity index (χ4n) is 0.636. The maximum atomic E-state index is 10.4. The molecule has 4 nitrogen and oxygen atoms in total. The second-order valence-electron chi connectivity index (χ2n) is 2.21. The van der Waals surface area contributed by atoms with Crippen molar-refractivity contribution in [1.29, 1.82) is 0 Å². The van der Waals surface area contributed by atoms with E-state index in [1.54, 1.807) is 13.0 Å². The van der Waals surface area contributed by atoms with Crippen LogP contribution in [0, 0.1) is 0 Å². The highest BCUT2D eigenvalue weighted by Crippen LogP contribution is 2.04. The molecule has 12 heavy (non-hydrogen) atoms. The van der Waals surface area contributed by atoms with Crippen LogP contribution in [0.25, 0.3) is 0 Å². The minimum absolute atomic E-state index is 0.0249. The molecular weight excluding hydrogens is 160 g/mol. The van der Waals surface area contributed by atoms with Crippen molar-refractivity contribution < 1.29 is 20.1 Å². The Labute approximate surface area is 70.5 Å². The van der Waals surface area contributed by atoms with Gasteiger partial charge in [0.05, 0.1) is 0 Å². The van der Waals surface area contributed by atoms with Gasteiger partial charge in [0, 0.05) is 12.0 Å². The van der Waals surface area contributed by atoms with Crippen LogP contribution in [0.1, 0.15) is 13.3 Å². The van der Waals surface area contributed by atoms with Crippen LogP contribution in [-0.2, 0) is 4.79 Å². The van der Waals surface area contributed by atoms with E-state index in [9.17, 15) is 4.79 Å². The van der Waals surface area contributed by atoms with Gasteiger partial charge in [-0.1, -0.05) is 18.2 Å². The van der Waals surface area contributed by atoms with Crippen LogP contribution in [0.5, 0.6) is 0 Å². The van der Waals surface area contributed by atoms with Crippen molar-refractivity contribution in [3.05, 3.63) is 23.8 Å². The predicted octanol–water partition coefficient (Wildman–Crippen LogP) is 0.274. The highest BCUT2D eigenvalue weighted by atomic mass is 16.5. The lowest BCUT2D eigenvalue weighted by Crippen LogP contribution is -2.11. The number of aliphatic carboxylic acids is 1. The summed E-state index contributed by atoms with van der Waals surface area (Å²) in [6.07, 6.45) is 2.65. The molecule has 3 N–H and O–H groups in total. The Hall–Kier alpha value is -1.13. The SMILES string of the molecule is CC=CC=C(CC(O)O)C(=O)O. The average Bonchev–Trinajstić information content (AvgIpc) is 1.96. The average molecular weight is 172 g/mol. The smallest absolute Gasteiger partial charge is 0.331 e. The molecule has 0 fully saturated rings. The molecule has 0 aromatic rings. The molecule has 0 spiro atoms. The fourth-order valence-corrected chi connectivity index (χ4v) is 0.636. The molecule has 68 valence electrons. The van der Waals surface area contributed by atoms with Crippen molar-refractivity contribution in [3.63, 3.8) is 0 Å².